The van der Waals surface area contributed by atoms with Crippen molar-refractivity contribution < 1.29 is 9.15 Å². The van der Waals surface area contributed by atoms with Crippen LogP contribution in [-0.4, -0.2) is 6.61 Å². The maximum Gasteiger partial charge on any atom is 0.336 e. The van der Waals surface area contributed by atoms with Crippen LogP contribution in [0.1, 0.15) is 25.0 Å². The molecular formula is C22H22O3. The molecule has 0 atom stereocenters. The van der Waals surface area contributed by atoms with E-state index in [0.717, 1.165) is 29.5 Å². The molecule has 0 unspecified atom stereocenters. The van der Waals surface area contributed by atoms with Gasteiger partial charge in [-0.1, -0.05) is 42.0 Å². The molecular weight excluding hydrogens is 312 g/mol. The molecule has 3 rings (SSSR count). The Balaban J connectivity index is 1.85. The summed E-state index contributed by atoms with van der Waals surface area (Å²) in [6, 6.07) is 17.4. The summed E-state index contributed by atoms with van der Waals surface area (Å²) >= 11 is 0. The zero-order valence-corrected chi connectivity index (χ0v) is 14.6. The van der Waals surface area contributed by atoms with Gasteiger partial charge in [-0.3, -0.25) is 0 Å². The van der Waals surface area contributed by atoms with Crippen molar-refractivity contribution >= 4 is 11.0 Å². The van der Waals surface area contributed by atoms with Crippen LogP contribution < -0.4 is 10.4 Å². The Morgan fingerprint density at radius 2 is 1.88 bits per heavy atom. The van der Waals surface area contributed by atoms with Crippen molar-refractivity contribution in [2.45, 2.75) is 26.7 Å². The normalized spacial score (nSPS) is 10.6. The second-order valence-electron chi connectivity index (χ2n) is 6.32. The molecule has 3 aromatic rings. The smallest absolute Gasteiger partial charge is 0.336 e. The van der Waals surface area contributed by atoms with E-state index < -0.39 is 0 Å². The summed E-state index contributed by atoms with van der Waals surface area (Å²) in [6.07, 6.45) is 3.79. The average Bonchev–Trinajstić information content (AvgIpc) is 2.60. The van der Waals surface area contributed by atoms with Gasteiger partial charge in [-0.15, -0.1) is 0 Å². The number of hydrogen-bond acceptors (Lipinski definition) is 3. The highest BCUT2D eigenvalue weighted by atomic mass is 16.5. The Labute approximate surface area is 147 Å². The van der Waals surface area contributed by atoms with Gasteiger partial charge in [0.2, 0.25) is 0 Å². The van der Waals surface area contributed by atoms with Crippen LogP contribution in [0.2, 0.25) is 0 Å². The summed E-state index contributed by atoms with van der Waals surface area (Å²) in [7, 11) is 0. The third-order valence-electron chi connectivity index (χ3n) is 4.02. The number of fused-ring (bicyclic) bond motifs is 1. The minimum absolute atomic E-state index is 0.347. The molecule has 128 valence electrons. The molecule has 0 amide bonds. The summed E-state index contributed by atoms with van der Waals surface area (Å²) in [6.45, 7) is 4.74. The minimum atomic E-state index is -0.347. The molecule has 0 fully saturated rings. The van der Waals surface area contributed by atoms with E-state index in [4.69, 9.17) is 9.15 Å². The molecule has 0 bridgehead atoms. The lowest BCUT2D eigenvalue weighted by Gasteiger charge is -2.12. The SMILES string of the molecule is CC(C)=CCc1cc2ccc(=O)oc2cc1OCCc1ccccc1. The lowest BCUT2D eigenvalue weighted by molar-refractivity contribution is 0.319. The first kappa shape index (κ1) is 17.0. The van der Waals surface area contributed by atoms with Crippen LogP contribution in [0.5, 0.6) is 5.75 Å². The zero-order valence-electron chi connectivity index (χ0n) is 14.6. The Morgan fingerprint density at radius 3 is 2.64 bits per heavy atom. The predicted octanol–water partition coefficient (Wildman–Crippen LogP) is 4.92. The summed E-state index contributed by atoms with van der Waals surface area (Å²) in [5.41, 5.74) is 3.80. The van der Waals surface area contributed by atoms with Crippen molar-refractivity contribution in [3.63, 3.8) is 0 Å². The van der Waals surface area contributed by atoms with Crippen molar-refractivity contribution in [2.75, 3.05) is 6.61 Å². The standard InChI is InChI=1S/C22H22O3/c1-16(2)8-9-18-14-19-10-11-22(23)25-21(19)15-20(18)24-13-12-17-6-4-3-5-7-17/h3-8,10-11,14-15H,9,12-13H2,1-2H3. The third kappa shape index (κ3) is 4.60. The van der Waals surface area contributed by atoms with Crippen molar-refractivity contribution in [3.05, 3.63) is 87.8 Å². The Kier molecular flexibility index (Phi) is 5.34. The highest BCUT2D eigenvalue weighted by Gasteiger charge is 2.08. The summed E-state index contributed by atoms with van der Waals surface area (Å²) < 4.78 is 11.3. The molecule has 1 heterocycles. The van der Waals surface area contributed by atoms with Crippen LogP contribution in [0.15, 0.2) is 75.5 Å². The van der Waals surface area contributed by atoms with E-state index in [0.29, 0.717) is 12.2 Å². The fourth-order valence-corrected chi connectivity index (χ4v) is 2.68. The molecule has 0 aliphatic rings. The molecule has 1 aromatic heterocycles. The summed E-state index contributed by atoms with van der Waals surface area (Å²) in [5.74, 6) is 0.773. The van der Waals surface area contributed by atoms with Gasteiger partial charge in [-0.2, -0.15) is 0 Å². The molecule has 0 N–H and O–H groups in total. The fraction of sp³-hybridized carbons (Fsp3) is 0.227. The van der Waals surface area contributed by atoms with E-state index >= 15 is 0 Å². The Morgan fingerprint density at radius 1 is 1.08 bits per heavy atom. The minimum Gasteiger partial charge on any atom is -0.493 e. The zero-order chi connectivity index (χ0) is 17.6. The van der Waals surface area contributed by atoms with Gasteiger partial charge in [0, 0.05) is 23.9 Å². The van der Waals surface area contributed by atoms with Crippen LogP contribution in [0, 0.1) is 0 Å². The van der Waals surface area contributed by atoms with Crippen molar-refractivity contribution in [2.24, 2.45) is 0 Å². The Bertz CT molecular complexity index is 932. The van der Waals surface area contributed by atoms with Crippen molar-refractivity contribution in [1.82, 2.24) is 0 Å². The summed E-state index contributed by atoms with van der Waals surface area (Å²) in [5, 5.41) is 0.909. The van der Waals surface area contributed by atoms with E-state index in [9.17, 15) is 4.79 Å². The third-order valence-corrected chi connectivity index (χ3v) is 4.02. The van der Waals surface area contributed by atoms with Gasteiger partial charge < -0.3 is 9.15 Å². The maximum atomic E-state index is 11.5. The van der Waals surface area contributed by atoms with Gasteiger partial charge in [0.05, 0.1) is 6.61 Å². The molecule has 0 saturated heterocycles. The number of rotatable bonds is 6. The molecule has 3 heteroatoms. The van der Waals surface area contributed by atoms with Gasteiger partial charge >= 0.3 is 5.63 Å². The van der Waals surface area contributed by atoms with Gasteiger partial charge in [0.15, 0.2) is 0 Å². The van der Waals surface area contributed by atoms with Crippen molar-refractivity contribution in [3.8, 4) is 5.75 Å². The highest BCUT2D eigenvalue weighted by Crippen LogP contribution is 2.26. The first-order valence-corrected chi connectivity index (χ1v) is 8.49. The second kappa shape index (κ2) is 7.84. The fourth-order valence-electron chi connectivity index (χ4n) is 2.68. The molecule has 3 nitrogen and oxygen atoms in total. The van der Waals surface area contributed by atoms with Gasteiger partial charge in [-0.05, 0) is 43.5 Å². The Hall–Kier alpha value is -2.81. The van der Waals surface area contributed by atoms with Crippen LogP contribution in [-0.2, 0) is 12.8 Å². The van der Waals surface area contributed by atoms with Gasteiger partial charge in [-0.25, -0.2) is 4.79 Å². The maximum absolute atomic E-state index is 11.5. The van der Waals surface area contributed by atoms with E-state index in [1.165, 1.54) is 17.2 Å². The first-order valence-electron chi connectivity index (χ1n) is 8.49. The molecule has 2 aromatic carbocycles. The van der Waals surface area contributed by atoms with Crippen LogP contribution in [0.3, 0.4) is 0 Å². The highest BCUT2D eigenvalue weighted by molar-refractivity contribution is 5.79. The average molecular weight is 334 g/mol. The lowest BCUT2D eigenvalue weighted by Crippen LogP contribution is -2.04. The van der Waals surface area contributed by atoms with E-state index in [2.05, 4.69) is 32.1 Å². The quantitative estimate of drug-likeness (QED) is 0.474. The van der Waals surface area contributed by atoms with Crippen LogP contribution >= 0.6 is 0 Å². The monoisotopic (exact) mass is 334 g/mol. The number of allylic oxidation sites excluding steroid dienone is 2. The first-order chi connectivity index (χ1) is 12.1. The molecule has 25 heavy (non-hydrogen) atoms. The van der Waals surface area contributed by atoms with E-state index in [1.54, 1.807) is 6.07 Å². The molecule has 0 spiro atoms. The molecule has 0 saturated carbocycles. The largest absolute Gasteiger partial charge is 0.493 e. The number of ether oxygens (including phenoxy) is 1. The lowest BCUT2D eigenvalue weighted by atomic mass is 10.1. The topological polar surface area (TPSA) is 39.4 Å². The summed E-state index contributed by atoms with van der Waals surface area (Å²) in [4.78, 5) is 11.5. The van der Waals surface area contributed by atoms with E-state index in [1.807, 2.05) is 30.3 Å². The van der Waals surface area contributed by atoms with Crippen LogP contribution in [0.25, 0.3) is 11.0 Å². The molecule has 0 aliphatic heterocycles. The van der Waals surface area contributed by atoms with E-state index in [-0.39, 0.29) is 5.63 Å². The predicted molar refractivity (Wildman–Crippen MR) is 101 cm³/mol. The van der Waals surface area contributed by atoms with Gasteiger partial charge in [0.1, 0.15) is 11.3 Å². The molecule has 0 radical (unpaired) electrons. The van der Waals surface area contributed by atoms with Gasteiger partial charge in [0.25, 0.3) is 0 Å². The number of hydrogen-bond donors (Lipinski definition) is 0. The van der Waals surface area contributed by atoms with Crippen molar-refractivity contribution in [1.29, 1.82) is 0 Å². The second-order valence-corrected chi connectivity index (χ2v) is 6.32. The number of benzene rings is 2. The van der Waals surface area contributed by atoms with Crippen LogP contribution in [0.4, 0.5) is 0 Å². The molecule has 0 aliphatic carbocycles.